The third kappa shape index (κ3) is 5.07. The minimum atomic E-state index is -0.432. The number of nitrogens with zero attached hydrogens (tertiary/aromatic N) is 3. The Labute approximate surface area is 194 Å². The fourth-order valence-electron chi connectivity index (χ4n) is 3.10. The van der Waals surface area contributed by atoms with Gasteiger partial charge < -0.3 is 0 Å². The molecular weight excluding hydrogens is 444 g/mol. The molecule has 0 saturated heterocycles. The molecule has 4 aromatic rings. The van der Waals surface area contributed by atoms with Crippen LogP contribution in [-0.2, 0) is 4.79 Å². The molecule has 0 atom stereocenters. The second-order valence-electron chi connectivity index (χ2n) is 7.02. The Bertz CT molecular complexity index is 1260. The van der Waals surface area contributed by atoms with Gasteiger partial charge in [0.2, 0.25) is 5.91 Å². The van der Waals surface area contributed by atoms with E-state index in [1.54, 1.807) is 36.4 Å². The fourth-order valence-corrected chi connectivity index (χ4v) is 3.98. The predicted molar refractivity (Wildman–Crippen MR) is 126 cm³/mol. The van der Waals surface area contributed by atoms with Crippen molar-refractivity contribution >= 4 is 35.2 Å². The van der Waals surface area contributed by atoms with Crippen LogP contribution in [0.15, 0.2) is 84.0 Å². The van der Waals surface area contributed by atoms with Gasteiger partial charge in [-0.25, -0.2) is 0 Å². The Morgan fingerprint density at radius 2 is 1.72 bits per heavy atom. The van der Waals surface area contributed by atoms with Crippen LogP contribution in [0.1, 0.15) is 15.9 Å². The number of nitrogens with one attached hydrogen (secondary N) is 1. The normalized spacial score (nSPS) is 10.7. The first-order chi connectivity index (χ1) is 15.5. The average Bonchev–Trinajstić information content (AvgIpc) is 3.23. The van der Waals surface area contributed by atoms with E-state index < -0.39 is 11.8 Å². The van der Waals surface area contributed by atoms with Gasteiger partial charge in [-0.2, -0.15) is 0 Å². The molecule has 1 N–H and O–H groups in total. The van der Waals surface area contributed by atoms with Crippen LogP contribution in [0.4, 0.5) is 0 Å². The van der Waals surface area contributed by atoms with E-state index in [0.717, 1.165) is 16.8 Å². The third-order valence-electron chi connectivity index (χ3n) is 4.62. The summed E-state index contributed by atoms with van der Waals surface area (Å²) < 4.78 is 1.90. The summed E-state index contributed by atoms with van der Waals surface area (Å²) >= 11 is 7.24. The second kappa shape index (κ2) is 9.80. The van der Waals surface area contributed by atoms with E-state index in [1.165, 1.54) is 11.8 Å². The lowest BCUT2D eigenvalue weighted by Crippen LogP contribution is -2.31. The number of aromatic nitrogens is 3. The molecule has 0 fully saturated rings. The van der Waals surface area contributed by atoms with Crippen LogP contribution >= 0.6 is 23.4 Å². The summed E-state index contributed by atoms with van der Waals surface area (Å²) in [5.41, 5.74) is 3.24. The number of imide groups is 1. The molecule has 1 aromatic heterocycles. The minimum Gasteiger partial charge on any atom is -0.292 e. The highest BCUT2D eigenvalue weighted by atomic mass is 35.5. The molecule has 0 aliphatic rings. The number of carbonyl (C=O) groups is 2. The largest absolute Gasteiger partial charge is 0.292 e. The van der Waals surface area contributed by atoms with E-state index in [4.69, 9.17) is 11.6 Å². The Morgan fingerprint density at radius 3 is 2.44 bits per heavy atom. The zero-order chi connectivity index (χ0) is 22.5. The Hall–Kier alpha value is -3.42. The number of amides is 2. The molecule has 6 nitrogen and oxygen atoms in total. The third-order valence-corrected chi connectivity index (χ3v) is 5.80. The molecule has 3 aromatic carbocycles. The van der Waals surface area contributed by atoms with E-state index in [0.29, 0.717) is 21.6 Å². The second-order valence-corrected chi connectivity index (χ2v) is 8.40. The summed E-state index contributed by atoms with van der Waals surface area (Å²) in [4.78, 5) is 24.6. The van der Waals surface area contributed by atoms with Crippen molar-refractivity contribution in [3.05, 3.63) is 95.0 Å². The van der Waals surface area contributed by atoms with E-state index in [2.05, 4.69) is 15.5 Å². The first-order valence-corrected chi connectivity index (χ1v) is 11.2. The Kier molecular flexibility index (Phi) is 6.68. The smallest absolute Gasteiger partial charge is 0.257 e. The summed E-state index contributed by atoms with van der Waals surface area (Å²) in [7, 11) is 0. The van der Waals surface area contributed by atoms with Crippen LogP contribution in [0.25, 0.3) is 17.1 Å². The van der Waals surface area contributed by atoms with Gasteiger partial charge in [-0.3, -0.25) is 19.5 Å². The summed E-state index contributed by atoms with van der Waals surface area (Å²) in [6.07, 6.45) is 0. The number of hydrogen-bond acceptors (Lipinski definition) is 5. The van der Waals surface area contributed by atoms with Gasteiger partial charge in [0.05, 0.1) is 5.75 Å². The summed E-state index contributed by atoms with van der Waals surface area (Å²) in [5, 5.41) is 12.2. The molecule has 0 aliphatic carbocycles. The first kappa shape index (κ1) is 21.8. The summed E-state index contributed by atoms with van der Waals surface area (Å²) in [6.45, 7) is 2.01. The number of carbonyl (C=O) groups excluding carboxylic acids is 2. The topological polar surface area (TPSA) is 76.9 Å². The molecule has 0 aliphatic heterocycles. The number of thioether (sulfide) groups is 1. The number of halogens is 1. The summed E-state index contributed by atoms with van der Waals surface area (Å²) in [5.74, 6) is -0.187. The van der Waals surface area contributed by atoms with Crippen molar-refractivity contribution in [2.24, 2.45) is 0 Å². The van der Waals surface area contributed by atoms with Crippen LogP contribution in [0.2, 0.25) is 5.02 Å². The average molecular weight is 463 g/mol. The fraction of sp³-hybridized carbons (Fsp3) is 0.0833. The molecule has 160 valence electrons. The van der Waals surface area contributed by atoms with Crippen molar-refractivity contribution in [3.8, 4) is 17.1 Å². The van der Waals surface area contributed by atoms with Crippen molar-refractivity contribution in [3.63, 3.8) is 0 Å². The molecule has 0 radical (unpaired) electrons. The van der Waals surface area contributed by atoms with Crippen LogP contribution < -0.4 is 5.32 Å². The lowest BCUT2D eigenvalue weighted by molar-refractivity contribution is -0.117. The maximum Gasteiger partial charge on any atom is 0.257 e. The first-order valence-electron chi connectivity index (χ1n) is 9.82. The number of rotatable bonds is 6. The quantitative estimate of drug-likeness (QED) is 0.410. The molecule has 2 amide bonds. The maximum absolute atomic E-state index is 12.4. The highest BCUT2D eigenvalue weighted by Gasteiger charge is 2.18. The maximum atomic E-state index is 12.4. The van der Waals surface area contributed by atoms with Crippen molar-refractivity contribution < 1.29 is 9.59 Å². The molecule has 8 heteroatoms. The molecule has 0 unspecified atom stereocenters. The van der Waals surface area contributed by atoms with Crippen LogP contribution in [0, 0.1) is 6.92 Å². The number of benzene rings is 3. The van der Waals surface area contributed by atoms with E-state index in [9.17, 15) is 9.59 Å². The lowest BCUT2D eigenvalue weighted by Gasteiger charge is -2.11. The monoisotopic (exact) mass is 462 g/mol. The summed E-state index contributed by atoms with van der Waals surface area (Å²) in [6, 6.07) is 23.9. The van der Waals surface area contributed by atoms with Gasteiger partial charge in [-0.05, 0) is 61.0 Å². The minimum absolute atomic E-state index is 0.0170. The molecular formula is C24H19ClN4O2S. The van der Waals surface area contributed by atoms with Gasteiger partial charge in [-0.15, -0.1) is 10.2 Å². The molecule has 4 rings (SSSR count). The van der Waals surface area contributed by atoms with E-state index in [1.807, 2.05) is 54.0 Å². The highest BCUT2D eigenvalue weighted by Crippen LogP contribution is 2.29. The Morgan fingerprint density at radius 1 is 0.969 bits per heavy atom. The molecule has 32 heavy (non-hydrogen) atoms. The Balaban J connectivity index is 1.57. The van der Waals surface area contributed by atoms with Gasteiger partial charge in [0.25, 0.3) is 5.91 Å². The zero-order valence-corrected chi connectivity index (χ0v) is 18.7. The number of aryl methyl sites for hydroxylation is 1. The van der Waals surface area contributed by atoms with Gasteiger partial charge in [0.15, 0.2) is 11.0 Å². The zero-order valence-electron chi connectivity index (χ0n) is 17.2. The van der Waals surface area contributed by atoms with Crippen LogP contribution in [0.5, 0.6) is 0 Å². The molecule has 0 bridgehead atoms. The van der Waals surface area contributed by atoms with Crippen molar-refractivity contribution in [2.45, 2.75) is 12.1 Å². The lowest BCUT2D eigenvalue weighted by atomic mass is 10.2. The van der Waals surface area contributed by atoms with Crippen molar-refractivity contribution in [1.82, 2.24) is 20.1 Å². The van der Waals surface area contributed by atoms with Gasteiger partial charge >= 0.3 is 0 Å². The van der Waals surface area contributed by atoms with Crippen molar-refractivity contribution in [1.29, 1.82) is 0 Å². The van der Waals surface area contributed by atoms with Gasteiger partial charge in [0, 0.05) is 21.8 Å². The van der Waals surface area contributed by atoms with Crippen molar-refractivity contribution in [2.75, 3.05) is 5.75 Å². The number of hydrogen-bond donors (Lipinski definition) is 1. The standard InChI is InChI=1S/C24H19ClN4O2S/c1-16-6-5-9-20(14-16)29-22(17-10-12-19(25)13-11-17)27-28-24(29)32-15-21(30)26-23(31)18-7-3-2-4-8-18/h2-14H,15H2,1H3,(H,26,30,31). The SMILES string of the molecule is Cc1cccc(-n2c(SCC(=O)NC(=O)c3ccccc3)nnc2-c2ccc(Cl)cc2)c1. The van der Waals surface area contributed by atoms with E-state index in [-0.39, 0.29) is 5.75 Å². The van der Waals surface area contributed by atoms with E-state index >= 15 is 0 Å². The van der Waals surface area contributed by atoms with Crippen LogP contribution in [-0.4, -0.2) is 32.3 Å². The molecule has 0 spiro atoms. The highest BCUT2D eigenvalue weighted by molar-refractivity contribution is 7.99. The predicted octanol–water partition coefficient (Wildman–Crippen LogP) is 4.94. The van der Waals surface area contributed by atoms with Crippen LogP contribution in [0.3, 0.4) is 0 Å². The van der Waals surface area contributed by atoms with Gasteiger partial charge in [-0.1, -0.05) is 53.7 Å². The molecule has 1 heterocycles. The molecule has 0 saturated carbocycles. The van der Waals surface area contributed by atoms with Gasteiger partial charge in [0.1, 0.15) is 0 Å².